The average molecular weight is 315 g/mol. The lowest BCUT2D eigenvalue weighted by Crippen LogP contribution is -2.01. The number of rotatable bonds is 2. The Morgan fingerprint density at radius 3 is 2.79 bits per heavy atom. The van der Waals surface area contributed by atoms with Crippen molar-refractivity contribution in [2.75, 3.05) is 0 Å². The summed E-state index contributed by atoms with van der Waals surface area (Å²) in [6.07, 6.45) is 6.18. The van der Waals surface area contributed by atoms with Gasteiger partial charge >= 0.3 is 0 Å². The van der Waals surface area contributed by atoms with Gasteiger partial charge in [0.2, 0.25) is 0 Å². The summed E-state index contributed by atoms with van der Waals surface area (Å²) < 4.78 is 0.849. The van der Waals surface area contributed by atoms with Gasteiger partial charge in [-0.25, -0.2) is 0 Å². The van der Waals surface area contributed by atoms with Crippen molar-refractivity contribution in [3.8, 4) is 0 Å². The molecule has 4 heteroatoms. The van der Waals surface area contributed by atoms with E-state index in [2.05, 4.69) is 25.9 Å². The first-order valence-electron chi connectivity index (χ1n) is 5.87. The molecule has 2 aromatic heterocycles. The molecular formula is C15H11BrN2O. The Morgan fingerprint density at radius 2 is 1.95 bits per heavy atom. The molecule has 0 aliphatic heterocycles. The SMILES string of the molecule is OC(c1cncc(Br)c1)c1cccc2ccncc12. The molecule has 1 atom stereocenters. The maximum absolute atomic E-state index is 10.5. The lowest BCUT2D eigenvalue weighted by atomic mass is 9.98. The van der Waals surface area contributed by atoms with E-state index in [-0.39, 0.29) is 0 Å². The molecule has 0 radical (unpaired) electrons. The minimum absolute atomic E-state index is 0.710. The van der Waals surface area contributed by atoms with Crippen LogP contribution in [0.3, 0.4) is 0 Å². The maximum Gasteiger partial charge on any atom is 0.106 e. The summed E-state index contributed by atoms with van der Waals surface area (Å²) in [4.78, 5) is 8.22. The van der Waals surface area contributed by atoms with Gasteiger partial charge < -0.3 is 5.11 Å². The van der Waals surface area contributed by atoms with Gasteiger partial charge in [-0.3, -0.25) is 9.97 Å². The summed E-state index contributed by atoms with van der Waals surface area (Å²) in [6.45, 7) is 0. The van der Waals surface area contributed by atoms with Crippen molar-refractivity contribution in [3.05, 3.63) is 70.7 Å². The van der Waals surface area contributed by atoms with Crippen LogP contribution in [0.4, 0.5) is 0 Å². The predicted molar refractivity (Wildman–Crippen MR) is 77.7 cm³/mol. The first kappa shape index (κ1) is 12.3. The third-order valence-corrected chi connectivity index (χ3v) is 3.49. The zero-order valence-electron chi connectivity index (χ0n) is 9.99. The second-order valence-corrected chi connectivity index (χ2v) is 5.20. The Balaban J connectivity index is 2.14. The van der Waals surface area contributed by atoms with Gasteiger partial charge in [0.25, 0.3) is 0 Å². The van der Waals surface area contributed by atoms with Gasteiger partial charge in [-0.15, -0.1) is 0 Å². The van der Waals surface area contributed by atoms with Crippen molar-refractivity contribution in [2.24, 2.45) is 0 Å². The van der Waals surface area contributed by atoms with Crippen molar-refractivity contribution in [1.82, 2.24) is 9.97 Å². The van der Waals surface area contributed by atoms with Crippen LogP contribution in [0.25, 0.3) is 10.8 Å². The molecule has 3 rings (SSSR count). The summed E-state index contributed by atoms with van der Waals surface area (Å²) in [6, 6.07) is 9.66. The lowest BCUT2D eigenvalue weighted by Gasteiger charge is -2.13. The zero-order chi connectivity index (χ0) is 13.2. The number of halogens is 1. The van der Waals surface area contributed by atoms with Crippen LogP contribution in [0.2, 0.25) is 0 Å². The summed E-state index contributed by atoms with van der Waals surface area (Å²) in [5, 5.41) is 12.5. The highest BCUT2D eigenvalue weighted by molar-refractivity contribution is 9.10. The van der Waals surface area contributed by atoms with E-state index in [9.17, 15) is 5.11 Å². The van der Waals surface area contributed by atoms with Crippen LogP contribution in [-0.4, -0.2) is 15.1 Å². The van der Waals surface area contributed by atoms with Crippen molar-refractivity contribution >= 4 is 26.7 Å². The van der Waals surface area contributed by atoms with Crippen molar-refractivity contribution in [3.63, 3.8) is 0 Å². The molecule has 0 fully saturated rings. The fourth-order valence-electron chi connectivity index (χ4n) is 2.13. The number of aromatic nitrogens is 2. The number of pyridine rings is 2. The highest BCUT2D eigenvalue weighted by Crippen LogP contribution is 2.28. The Hall–Kier alpha value is -1.78. The molecule has 1 N–H and O–H groups in total. The summed E-state index contributed by atoms with van der Waals surface area (Å²) >= 11 is 3.37. The van der Waals surface area contributed by atoms with Crippen LogP contribution in [0.1, 0.15) is 17.2 Å². The second-order valence-electron chi connectivity index (χ2n) is 4.28. The molecule has 0 bridgehead atoms. The van der Waals surface area contributed by atoms with E-state index >= 15 is 0 Å². The quantitative estimate of drug-likeness (QED) is 0.787. The number of nitrogens with zero attached hydrogens (tertiary/aromatic N) is 2. The predicted octanol–water partition coefficient (Wildman–Crippen LogP) is 3.47. The average Bonchev–Trinajstić information content (AvgIpc) is 2.46. The van der Waals surface area contributed by atoms with Crippen molar-refractivity contribution in [1.29, 1.82) is 0 Å². The summed E-state index contributed by atoms with van der Waals surface area (Å²) in [7, 11) is 0. The van der Waals surface area contributed by atoms with E-state index in [0.29, 0.717) is 0 Å². The molecule has 0 saturated carbocycles. The van der Waals surface area contributed by atoms with E-state index in [1.807, 2.05) is 30.3 Å². The van der Waals surface area contributed by atoms with Crippen LogP contribution in [0.5, 0.6) is 0 Å². The maximum atomic E-state index is 10.5. The highest BCUT2D eigenvalue weighted by atomic mass is 79.9. The van der Waals surface area contributed by atoms with Gasteiger partial charge in [-0.05, 0) is 39.0 Å². The first-order valence-corrected chi connectivity index (χ1v) is 6.66. The monoisotopic (exact) mass is 314 g/mol. The molecule has 0 aliphatic carbocycles. The van der Waals surface area contributed by atoms with Crippen LogP contribution in [0.15, 0.2) is 59.6 Å². The number of aliphatic hydroxyl groups excluding tert-OH is 1. The molecule has 1 unspecified atom stereocenters. The molecular weight excluding hydrogens is 304 g/mol. The number of hydrogen-bond acceptors (Lipinski definition) is 3. The number of fused-ring (bicyclic) bond motifs is 1. The summed E-state index contributed by atoms with van der Waals surface area (Å²) in [5.41, 5.74) is 1.59. The standard InChI is InChI=1S/C15H11BrN2O/c16-12-6-11(7-18-8-12)15(19)13-3-1-2-10-4-5-17-9-14(10)13/h1-9,15,19H. The van der Waals surface area contributed by atoms with Gasteiger partial charge in [-0.2, -0.15) is 0 Å². The van der Waals surface area contributed by atoms with Gasteiger partial charge in [-0.1, -0.05) is 18.2 Å². The number of benzene rings is 1. The molecule has 19 heavy (non-hydrogen) atoms. The molecule has 0 amide bonds. The molecule has 0 saturated heterocycles. The fraction of sp³-hybridized carbons (Fsp3) is 0.0667. The van der Waals surface area contributed by atoms with Crippen LogP contribution in [-0.2, 0) is 0 Å². The van der Waals surface area contributed by atoms with E-state index in [0.717, 1.165) is 26.4 Å². The van der Waals surface area contributed by atoms with Gasteiger partial charge in [0.1, 0.15) is 6.10 Å². The van der Waals surface area contributed by atoms with E-state index < -0.39 is 6.10 Å². The second kappa shape index (κ2) is 5.07. The topological polar surface area (TPSA) is 46.0 Å². The van der Waals surface area contributed by atoms with Crippen LogP contribution >= 0.6 is 15.9 Å². The van der Waals surface area contributed by atoms with Crippen molar-refractivity contribution < 1.29 is 5.11 Å². The fourth-order valence-corrected chi connectivity index (χ4v) is 2.52. The minimum atomic E-state index is -0.710. The van der Waals surface area contributed by atoms with Crippen LogP contribution in [0, 0.1) is 0 Å². The Labute approximate surface area is 119 Å². The number of aliphatic hydroxyl groups is 1. The molecule has 0 aliphatic rings. The smallest absolute Gasteiger partial charge is 0.106 e. The molecule has 3 aromatic rings. The van der Waals surface area contributed by atoms with E-state index in [1.54, 1.807) is 24.8 Å². The molecule has 94 valence electrons. The van der Waals surface area contributed by atoms with Gasteiger partial charge in [0.15, 0.2) is 0 Å². The third-order valence-electron chi connectivity index (χ3n) is 3.05. The number of hydrogen-bond donors (Lipinski definition) is 1. The minimum Gasteiger partial charge on any atom is -0.384 e. The lowest BCUT2D eigenvalue weighted by molar-refractivity contribution is 0.221. The molecule has 3 nitrogen and oxygen atoms in total. The first-order chi connectivity index (χ1) is 9.25. The normalized spacial score (nSPS) is 12.5. The Kier molecular flexibility index (Phi) is 3.27. The Morgan fingerprint density at radius 1 is 1.05 bits per heavy atom. The highest BCUT2D eigenvalue weighted by Gasteiger charge is 2.14. The van der Waals surface area contributed by atoms with Crippen LogP contribution < -0.4 is 0 Å². The largest absolute Gasteiger partial charge is 0.384 e. The summed E-state index contributed by atoms with van der Waals surface area (Å²) in [5.74, 6) is 0. The van der Waals surface area contributed by atoms with Gasteiger partial charge in [0.05, 0.1) is 0 Å². The zero-order valence-corrected chi connectivity index (χ0v) is 11.6. The van der Waals surface area contributed by atoms with Crippen molar-refractivity contribution in [2.45, 2.75) is 6.10 Å². The van der Waals surface area contributed by atoms with E-state index in [4.69, 9.17) is 0 Å². The molecule has 0 spiro atoms. The third kappa shape index (κ3) is 2.37. The van der Waals surface area contributed by atoms with E-state index in [1.165, 1.54) is 0 Å². The Bertz CT molecular complexity index is 725. The molecule has 2 heterocycles. The molecule has 1 aromatic carbocycles. The van der Waals surface area contributed by atoms with Gasteiger partial charge in [0, 0.05) is 40.2 Å².